The Bertz CT molecular complexity index is 456. The Hall–Kier alpha value is -1.75. The molecule has 1 fully saturated rings. The lowest BCUT2D eigenvalue weighted by atomic mass is 9.94. The van der Waals surface area contributed by atoms with Gasteiger partial charge in [-0.05, 0) is 18.9 Å². The Balaban J connectivity index is 2.36. The van der Waals surface area contributed by atoms with Gasteiger partial charge >= 0.3 is 0 Å². The molecule has 1 amide bonds. The van der Waals surface area contributed by atoms with E-state index in [1.54, 1.807) is 21.3 Å². The zero-order valence-electron chi connectivity index (χ0n) is 10.9. The topological polar surface area (TPSA) is 59.6 Å². The van der Waals surface area contributed by atoms with Crippen LogP contribution in [-0.2, 0) is 10.2 Å². The van der Waals surface area contributed by atoms with Gasteiger partial charge in [0.1, 0.15) is 11.5 Å². The van der Waals surface area contributed by atoms with Crippen molar-refractivity contribution in [1.82, 2.24) is 10.9 Å². The standard InChI is InChI=1S/C13H18N2O3/c1-14-15-12(16)13(6-7-13)10-5-4-9(17-2)8-11(10)18-3/h4-5,8,14H,6-7H2,1-3H3,(H,15,16). The van der Waals surface area contributed by atoms with E-state index in [-0.39, 0.29) is 5.91 Å². The normalized spacial score (nSPS) is 15.9. The summed E-state index contributed by atoms with van der Waals surface area (Å²) in [6.45, 7) is 0. The van der Waals surface area contributed by atoms with Crippen LogP contribution in [0.2, 0.25) is 0 Å². The van der Waals surface area contributed by atoms with Crippen molar-refractivity contribution in [3.63, 3.8) is 0 Å². The summed E-state index contributed by atoms with van der Waals surface area (Å²) in [5.74, 6) is 1.40. The quantitative estimate of drug-likeness (QED) is 0.765. The first kappa shape index (κ1) is 12.7. The zero-order valence-corrected chi connectivity index (χ0v) is 10.9. The summed E-state index contributed by atoms with van der Waals surface area (Å²) >= 11 is 0. The van der Waals surface area contributed by atoms with Crippen molar-refractivity contribution in [1.29, 1.82) is 0 Å². The molecule has 0 aliphatic heterocycles. The number of amides is 1. The average molecular weight is 250 g/mol. The fourth-order valence-corrected chi connectivity index (χ4v) is 2.17. The lowest BCUT2D eigenvalue weighted by molar-refractivity contribution is -0.124. The summed E-state index contributed by atoms with van der Waals surface area (Å²) in [4.78, 5) is 12.1. The van der Waals surface area contributed by atoms with E-state index in [1.165, 1.54) is 0 Å². The van der Waals surface area contributed by atoms with Crippen molar-refractivity contribution in [2.24, 2.45) is 0 Å². The summed E-state index contributed by atoms with van der Waals surface area (Å²) < 4.78 is 10.5. The van der Waals surface area contributed by atoms with Crippen LogP contribution in [-0.4, -0.2) is 27.2 Å². The monoisotopic (exact) mass is 250 g/mol. The maximum atomic E-state index is 12.1. The zero-order chi connectivity index (χ0) is 13.2. The van der Waals surface area contributed by atoms with Gasteiger partial charge in [-0.1, -0.05) is 6.07 Å². The molecule has 0 atom stereocenters. The van der Waals surface area contributed by atoms with Crippen molar-refractivity contribution < 1.29 is 14.3 Å². The van der Waals surface area contributed by atoms with Crippen LogP contribution >= 0.6 is 0 Å². The first-order valence-electron chi connectivity index (χ1n) is 5.87. The number of benzene rings is 1. The fraction of sp³-hybridized carbons (Fsp3) is 0.462. The third kappa shape index (κ3) is 2.01. The number of carbonyl (C=O) groups excluding carboxylic acids is 1. The molecule has 18 heavy (non-hydrogen) atoms. The van der Waals surface area contributed by atoms with Gasteiger partial charge in [0.15, 0.2) is 0 Å². The summed E-state index contributed by atoms with van der Waals surface area (Å²) in [5, 5.41) is 0. The molecule has 0 heterocycles. The number of nitrogens with one attached hydrogen (secondary N) is 2. The second-order valence-corrected chi connectivity index (χ2v) is 4.35. The van der Waals surface area contributed by atoms with Crippen LogP contribution in [0.3, 0.4) is 0 Å². The number of methoxy groups -OCH3 is 2. The van der Waals surface area contributed by atoms with Gasteiger partial charge in [-0.3, -0.25) is 10.2 Å². The van der Waals surface area contributed by atoms with Gasteiger partial charge in [-0.15, -0.1) is 0 Å². The molecule has 1 saturated carbocycles. The van der Waals surface area contributed by atoms with Gasteiger partial charge < -0.3 is 9.47 Å². The van der Waals surface area contributed by atoms with E-state index < -0.39 is 5.41 Å². The maximum Gasteiger partial charge on any atom is 0.244 e. The average Bonchev–Trinajstić information content (AvgIpc) is 3.19. The lowest BCUT2D eigenvalue weighted by Crippen LogP contribution is -2.41. The van der Waals surface area contributed by atoms with E-state index in [1.807, 2.05) is 18.2 Å². The number of ether oxygens (including phenoxy) is 2. The molecular formula is C13H18N2O3. The van der Waals surface area contributed by atoms with Crippen molar-refractivity contribution in [2.75, 3.05) is 21.3 Å². The molecule has 1 aromatic rings. The highest BCUT2D eigenvalue weighted by Gasteiger charge is 2.52. The van der Waals surface area contributed by atoms with Gasteiger partial charge in [0.2, 0.25) is 5.91 Å². The molecule has 0 radical (unpaired) electrons. The maximum absolute atomic E-state index is 12.1. The fourth-order valence-electron chi connectivity index (χ4n) is 2.17. The third-order valence-corrected chi connectivity index (χ3v) is 3.35. The van der Waals surface area contributed by atoms with E-state index >= 15 is 0 Å². The van der Waals surface area contributed by atoms with Crippen LogP contribution in [0.25, 0.3) is 0 Å². The van der Waals surface area contributed by atoms with Crippen molar-refractivity contribution in [3.8, 4) is 11.5 Å². The summed E-state index contributed by atoms with van der Waals surface area (Å²) in [6.07, 6.45) is 1.67. The van der Waals surface area contributed by atoms with Crippen LogP contribution in [0.4, 0.5) is 0 Å². The van der Waals surface area contributed by atoms with Gasteiger partial charge in [0.25, 0.3) is 0 Å². The minimum Gasteiger partial charge on any atom is -0.497 e. The lowest BCUT2D eigenvalue weighted by Gasteiger charge is -2.18. The van der Waals surface area contributed by atoms with E-state index in [0.717, 1.165) is 24.2 Å². The van der Waals surface area contributed by atoms with E-state index in [4.69, 9.17) is 9.47 Å². The highest BCUT2D eigenvalue weighted by molar-refractivity contribution is 5.91. The highest BCUT2D eigenvalue weighted by atomic mass is 16.5. The van der Waals surface area contributed by atoms with E-state index in [9.17, 15) is 4.79 Å². The molecular weight excluding hydrogens is 232 g/mol. The van der Waals surface area contributed by atoms with Crippen LogP contribution in [0.5, 0.6) is 11.5 Å². The Morgan fingerprint density at radius 2 is 2.00 bits per heavy atom. The molecule has 5 heteroatoms. The first-order chi connectivity index (χ1) is 8.67. The van der Waals surface area contributed by atoms with Gasteiger partial charge in [-0.25, -0.2) is 5.43 Å². The van der Waals surface area contributed by atoms with Crippen LogP contribution < -0.4 is 20.3 Å². The third-order valence-electron chi connectivity index (χ3n) is 3.35. The smallest absolute Gasteiger partial charge is 0.244 e. The summed E-state index contributed by atoms with van der Waals surface area (Å²) in [6, 6.07) is 5.56. The molecule has 0 bridgehead atoms. The molecule has 0 aromatic heterocycles. The molecule has 0 saturated heterocycles. The van der Waals surface area contributed by atoms with Crippen molar-refractivity contribution >= 4 is 5.91 Å². The van der Waals surface area contributed by atoms with Crippen LogP contribution in [0, 0.1) is 0 Å². The number of hydrazine groups is 1. The molecule has 98 valence electrons. The van der Waals surface area contributed by atoms with Gasteiger partial charge in [0, 0.05) is 18.7 Å². The highest BCUT2D eigenvalue weighted by Crippen LogP contribution is 2.52. The number of hydrogen-bond donors (Lipinski definition) is 2. The number of hydrogen-bond acceptors (Lipinski definition) is 4. The van der Waals surface area contributed by atoms with E-state index in [0.29, 0.717) is 5.75 Å². The largest absolute Gasteiger partial charge is 0.497 e. The Morgan fingerprint density at radius 3 is 2.50 bits per heavy atom. The Kier molecular flexibility index (Phi) is 3.43. The second kappa shape index (κ2) is 4.86. The Morgan fingerprint density at radius 1 is 1.28 bits per heavy atom. The molecule has 1 aromatic carbocycles. The van der Waals surface area contributed by atoms with Gasteiger partial charge in [0.05, 0.1) is 19.6 Å². The minimum atomic E-state index is -0.458. The SMILES string of the molecule is CNNC(=O)C1(c2ccc(OC)cc2OC)CC1. The number of carbonyl (C=O) groups is 1. The van der Waals surface area contributed by atoms with E-state index in [2.05, 4.69) is 10.9 Å². The molecule has 0 spiro atoms. The minimum absolute atomic E-state index is 0.0199. The van der Waals surface area contributed by atoms with Crippen molar-refractivity contribution in [2.45, 2.75) is 18.3 Å². The van der Waals surface area contributed by atoms with Crippen LogP contribution in [0.15, 0.2) is 18.2 Å². The number of rotatable bonds is 5. The predicted octanol–water partition coefficient (Wildman–Crippen LogP) is 0.986. The predicted molar refractivity (Wildman–Crippen MR) is 67.7 cm³/mol. The molecule has 1 aliphatic carbocycles. The second-order valence-electron chi connectivity index (χ2n) is 4.35. The molecule has 0 unspecified atom stereocenters. The molecule has 2 N–H and O–H groups in total. The van der Waals surface area contributed by atoms with Gasteiger partial charge in [-0.2, -0.15) is 0 Å². The van der Waals surface area contributed by atoms with Crippen LogP contribution in [0.1, 0.15) is 18.4 Å². The summed E-state index contributed by atoms with van der Waals surface area (Å²) in [5.41, 5.74) is 5.79. The Labute approximate surface area is 106 Å². The molecule has 2 rings (SSSR count). The first-order valence-corrected chi connectivity index (χ1v) is 5.87. The molecule has 1 aliphatic rings. The molecule has 5 nitrogen and oxygen atoms in total. The van der Waals surface area contributed by atoms with Crippen molar-refractivity contribution in [3.05, 3.63) is 23.8 Å². The summed E-state index contributed by atoms with van der Waals surface area (Å²) in [7, 11) is 4.89.